The monoisotopic (exact) mass is 229 g/mol. The van der Waals surface area contributed by atoms with Gasteiger partial charge in [0, 0.05) is 5.75 Å². The molecular weight excluding hydrogens is 217 g/mol. The Hall–Kier alpha value is -1.23. The molecule has 0 aliphatic heterocycles. The lowest BCUT2D eigenvalue weighted by molar-refractivity contribution is -0.115. The van der Waals surface area contributed by atoms with Gasteiger partial charge >= 0.3 is 0 Å². The van der Waals surface area contributed by atoms with Crippen LogP contribution >= 0.6 is 11.8 Å². The Morgan fingerprint density at radius 1 is 1.60 bits per heavy atom. The molecule has 5 heteroatoms. The van der Waals surface area contributed by atoms with E-state index in [9.17, 15) is 9.18 Å². The molecule has 0 unspecified atom stereocenters. The van der Waals surface area contributed by atoms with Crippen molar-refractivity contribution >= 4 is 17.7 Å². The molecule has 82 valence electrons. The van der Waals surface area contributed by atoms with Crippen molar-refractivity contribution in [3.63, 3.8) is 0 Å². The van der Waals surface area contributed by atoms with Gasteiger partial charge in [-0.25, -0.2) is 4.39 Å². The number of nitrogens with two attached hydrogens (primary N) is 1. The Labute approximate surface area is 91.8 Å². The van der Waals surface area contributed by atoms with Crippen LogP contribution < -0.4 is 10.5 Å². The molecule has 15 heavy (non-hydrogen) atoms. The maximum absolute atomic E-state index is 13.2. The van der Waals surface area contributed by atoms with Gasteiger partial charge in [0.2, 0.25) is 5.91 Å². The second kappa shape index (κ2) is 5.60. The molecule has 3 nitrogen and oxygen atoms in total. The highest BCUT2D eigenvalue weighted by atomic mass is 32.2. The van der Waals surface area contributed by atoms with Crippen LogP contribution in [0.4, 0.5) is 4.39 Å². The first-order valence-electron chi connectivity index (χ1n) is 4.32. The Morgan fingerprint density at radius 3 is 2.87 bits per heavy atom. The van der Waals surface area contributed by atoms with Gasteiger partial charge in [-0.1, -0.05) is 6.07 Å². The van der Waals surface area contributed by atoms with Gasteiger partial charge in [-0.2, -0.15) is 0 Å². The second-order valence-corrected chi connectivity index (χ2v) is 3.91. The van der Waals surface area contributed by atoms with Crippen molar-refractivity contribution in [2.75, 3.05) is 12.9 Å². The minimum absolute atomic E-state index is 0.221. The van der Waals surface area contributed by atoms with E-state index in [0.717, 1.165) is 5.56 Å². The summed E-state index contributed by atoms with van der Waals surface area (Å²) in [5, 5.41) is 0. The molecule has 0 aliphatic rings. The van der Waals surface area contributed by atoms with E-state index in [0.29, 0.717) is 5.75 Å². The second-order valence-electron chi connectivity index (χ2n) is 2.93. The van der Waals surface area contributed by atoms with Crippen molar-refractivity contribution in [1.29, 1.82) is 0 Å². The summed E-state index contributed by atoms with van der Waals surface area (Å²) < 4.78 is 18.0. The van der Waals surface area contributed by atoms with Gasteiger partial charge in [-0.15, -0.1) is 11.8 Å². The molecule has 0 saturated carbocycles. The van der Waals surface area contributed by atoms with E-state index >= 15 is 0 Å². The first-order chi connectivity index (χ1) is 7.13. The standard InChI is InChI=1S/C10H12FNO2S/c1-14-9-3-2-7(4-8(9)11)5-15-6-10(12)13/h2-4H,5-6H2,1H3,(H2,12,13). The molecule has 0 fully saturated rings. The molecule has 0 atom stereocenters. The summed E-state index contributed by atoms with van der Waals surface area (Å²) in [6, 6.07) is 4.72. The van der Waals surface area contributed by atoms with Gasteiger partial charge in [-0.3, -0.25) is 4.79 Å². The molecule has 2 N–H and O–H groups in total. The fraction of sp³-hybridized carbons (Fsp3) is 0.300. The first-order valence-corrected chi connectivity index (χ1v) is 5.47. The largest absolute Gasteiger partial charge is 0.494 e. The van der Waals surface area contributed by atoms with Gasteiger partial charge in [-0.05, 0) is 17.7 Å². The Bertz CT molecular complexity index is 357. The topological polar surface area (TPSA) is 52.3 Å². The van der Waals surface area contributed by atoms with Gasteiger partial charge < -0.3 is 10.5 Å². The van der Waals surface area contributed by atoms with Gasteiger partial charge in [0.1, 0.15) is 0 Å². The SMILES string of the molecule is COc1ccc(CSCC(N)=O)cc1F. The number of rotatable bonds is 5. The number of amides is 1. The molecule has 1 aromatic rings. The number of carbonyl (C=O) groups excluding carboxylic acids is 1. The van der Waals surface area contributed by atoms with Crippen molar-refractivity contribution in [3.05, 3.63) is 29.6 Å². The highest BCUT2D eigenvalue weighted by Gasteiger charge is 2.03. The summed E-state index contributed by atoms with van der Waals surface area (Å²) in [5.41, 5.74) is 5.78. The first kappa shape index (κ1) is 11.8. The van der Waals surface area contributed by atoms with E-state index in [1.165, 1.54) is 24.9 Å². The number of primary amides is 1. The highest BCUT2D eigenvalue weighted by Crippen LogP contribution is 2.20. The number of hydrogen-bond donors (Lipinski definition) is 1. The number of benzene rings is 1. The molecule has 1 aromatic carbocycles. The van der Waals surface area contributed by atoms with Crippen molar-refractivity contribution < 1.29 is 13.9 Å². The molecule has 0 aliphatic carbocycles. The third-order valence-electron chi connectivity index (χ3n) is 1.73. The van der Waals surface area contributed by atoms with Crippen molar-refractivity contribution in [2.45, 2.75) is 5.75 Å². The molecule has 0 aromatic heterocycles. The normalized spacial score (nSPS) is 10.0. The number of hydrogen-bond acceptors (Lipinski definition) is 3. The summed E-state index contributed by atoms with van der Waals surface area (Å²) in [6.07, 6.45) is 0. The van der Waals surface area contributed by atoms with Crippen LogP contribution in [-0.4, -0.2) is 18.8 Å². The van der Waals surface area contributed by atoms with E-state index < -0.39 is 5.82 Å². The van der Waals surface area contributed by atoms with Crippen LogP contribution in [0, 0.1) is 5.82 Å². The number of carbonyl (C=O) groups is 1. The van der Waals surface area contributed by atoms with Crippen LogP contribution in [-0.2, 0) is 10.5 Å². The van der Waals surface area contributed by atoms with Crippen molar-refractivity contribution in [3.8, 4) is 5.75 Å². The molecule has 0 bridgehead atoms. The average Bonchev–Trinajstić information content (AvgIpc) is 2.17. The van der Waals surface area contributed by atoms with Gasteiger partial charge in [0.15, 0.2) is 11.6 Å². The molecule has 0 spiro atoms. The number of thioether (sulfide) groups is 1. The van der Waals surface area contributed by atoms with E-state index in [1.54, 1.807) is 12.1 Å². The van der Waals surface area contributed by atoms with E-state index in [4.69, 9.17) is 10.5 Å². The summed E-state index contributed by atoms with van der Waals surface area (Å²) in [6.45, 7) is 0. The summed E-state index contributed by atoms with van der Waals surface area (Å²) in [5.74, 6) is 0.264. The minimum atomic E-state index is -0.394. The third-order valence-corrected chi connectivity index (χ3v) is 2.76. The maximum atomic E-state index is 13.2. The van der Waals surface area contributed by atoms with E-state index in [-0.39, 0.29) is 17.4 Å². The zero-order valence-corrected chi connectivity index (χ0v) is 9.14. The smallest absolute Gasteiger partial charge is 0.227 e. The lowest BCUT2D eigenvalue weighted by atomic mass is 10.2. The molecular formula is C10H12FNO2S. The molecule has 1 amide bonds. The predicted molar refractivity (Wildman–Crippen MR) is 58.3 cm³/mol. The van der Waals surface area contributed by atoms with Gasteiger partial charge in [0.25, 0.3) is 0 Å². The lowest BCUT2D eigenvalue weighted by Crippen LogP contribution is -2.13. The maximum Gasteiger partial charge on any atom is 0.227 e. The predicted octanol–water partition coefficient (Wildman–Crippen LogP) is 1.55. The number of ether oxygens (including phenoxy) is 1. The molecule has 0 saturated heterocycles. The van der Waals surface area contributed by atoms with Crippen LogP contribution in [0.25, 0.3) is 0 Å². The summed E-state index contributed by atoms with van der Waals surface area (Å²) >= 11 is 1.35. The van der Waals surface area contributed by atoms with Crippen LogP contribution in [0.2, 0.25) is 0 Å². The fourth-order valence-corrected chi connectivity index (χ4v) is 1.79. The quantitative estimate of drug-likeness (QED) is 0.833. The lowest BCUT2D eigenvalue weighted by Gasteiger charge is -2.04. The highest BCUT2D eigenvalue weighted by molar-refractivity contribution is 7.99. The van der Waals surface area contributed by atoms with Gasteiger partial charge in [0.05, 0.1) is 12.9 Å². The number of halogens is 1. The zero-order chi connectivity index (χ0) is 11.3. The molecule has 0 heterocycles. The Morgan fingerprint density at radius 2 is 2.33 bits per heavy atom. The molecule has 1 rings (SSSR count). The zero-order valence-electron chi connectivity index (χ0n) is 8.33. The third kappa shape index (κ3) is 3.79. The van der Waals surface area contributed by atoms with Crippen LogP contribution in [0.3, 0.4) is 0 Å². The summed E-state index contributed by atoms with van der Waals surface area (Å²) in [7, 11) is 1.42. The molecule has 0 radical (unpaired) electrons. The fourth-order valence-electron chi connectivity index (χ4n) is 1.07. The van der Waals surface area contributed by atoms with Crippen LogP contribution in [0.15, 0.2) is 18.2 Å². The van der Waals surface area contributed by atoms with Crippen molar-refractivity contribution in [2.24, 2.45) is 5.73 Å². The summed E-state index contributed by atoms with van der Waals surface area (Å²) in [4.78, 5) is 10.5. The van der Waals surface area contributed by atoms with Crippen molar-refractivity contribution in [1.82, 2.24) is 0 Å². The van der Waals surface area contributed by atoms with Crippen LogP contribution in [0.5, 0.6) is 5.75 Å². The van der Waals surface area contributed by atoms with E-state index in [2.05, 4.69) is 0 Å². The van der Waals surface area contributed by atoms with Crippen LogP contribution in [0.1, 0.15) is 5.56 Å². The number of methoxy groups -OCH3 is 1. The minimum Gasteiger partial charge on any atom is -0.494 e. The Kier molecular flexibility index (Phi) is 4.42. The Balaban J connectivity index is 2.55. The average molecular weight is 229 g/mol. The van der Waals surface area contributed by atoms with E-state index in [1.807, 2.05) is 0 Å².